The van der Waals surface area contributed by atoms with Gasteiger partial charge in [-0.15, -0.1) is 0 Å². The highest BCUT2D eigenvalue weighted by molar-refractivity contribution is 5.73. The number of rotatable bonds is 9. The SMILES string of the molecule is CC(=O)OCC(O)C(OC(C)=O)C(OC(C)=O)C(C=NO)OC(C)=O. The summed E-state index contributed by atoms with van der Waals surface area (Å²) in [5.41, 5.74) is 0. The van der Waals surface area contributed by atoms with Gasteiger partial charge in [0.2, 0.25) is 0 Å². The monoisotopic (exact) mass is 363 g/mol. The Hall–Kier alpha value is -2.69. The number of oxime groups is 1. The average molecular weight is 363 g/mol. The van der Waals surface area contributed by atoms with E-state index in [1.165, 1.54) is 0 Å². The van der Waals surface area contributed by atoms with Crippen LogP contribution in [0.5, 0.6) is 0 Å². The number of nitrogens with zero attached hydrogens (tertiary/aromatic N) is 1. The molecular formula is C14H21NO10. The maximum Gasteiger partial charge on any atom is 0.303 e. The molecule has 0 rings (SSSR count). The summed E-state index contributed by atoms with van der Waals surface area (Å²) >= 11 is 0. The molecule has 0 aliphatic carbocycles. The second kappa shape index (κ2) is 11.0. The third kappa shape index (κ3) is 9.25. The minimum atomic E-state index is -1.62. The third-order valence-corrected chi connectivity index (χ3v) is 2.60. The summed E-state index contributed by atoms with van der Waals surface area (Å²) in [6.07, 6.45) is -5.54. The summed E-state index contributed by atoms with van der Waals surface area (Å²) in [5, 5.41) is 21.6. The zero-order valence-electron chi connectivity index (χ0n) is 14.2. The molecule has 0 aliphatic heterocycles. The molecule has 0 spiro atoms. The molecule has 0 aromatic heterocycles. The molecule has 0 bridgehead atoms. The van der Waals surface area contributed by atoms with Crippen molar-refractivity contribution in [3.05, 3.63) is 0 Å². The lowest BCUT2D eigenvalue weighted by molar-refractivity contribution is -0.190. The van der Waals surface area contributed by atoms with Crippen LogP contribution >= 0.6 is 0 Å². The molecule has 0 saturated carbocycles. The average Bonchev–Trinajstić information content (AvgIpc) is 2.47. The van der Waals surface area contributed by atoms with Gasteiger partial charge in [0.25, 0.3) is 0 Å². The Morgan fingerprint density at radius 2 is 1.36 bits per heavy atom. The molecule has 0 aromatic carbocycles. The fourth-order valence-electron chi connectivity index (χ4n) is 1.81. The Balaban J connectivity index is 5.69. The van der Waals surface area contributed by atoms with Crippen LogP contribution in [0.25, 0.3) is 0 Å². The third-order valence-electron chi connectivity index (χ3n) is 2.60. The molecule has 0 amide bonds. The number of hydrogen-bond donors (Lipinski definition) is 2. The number of carbonyl (C=O) groups is 4. The molecule has 0 heterocycles. The van der Waals surface area contributed by atoms with E-state index in [4.69, 9.17) is 19.4 Å². The summed E-state index contributed by atoms with van der Waals surface area (Å²) < 4.78 is 19.4. The quantitative estimate of drug-likeness (QED) is 0.174. The predicted molar refractivity (Wildman–Crippen MR) is 79.6 cm³/mol. The molecule has 4 atom stereocenters. The first-order valence-electron chi connectivity index (χ1n) is 7.09. The van der Waals surface area contributed by atoms with Gasteiger partial charge in [0.1, 0.15) is 12.7 Å². The zero-order valence-corrected chi connectivity index (χ0v) is 14.2. The van der Waals surface area contributed by atoms with Crippen molar-refractivity contribution < 1.29 is 48.4 Å². The van der Waals surface area contributed by atoms with Crippen LogP contribution in [0.2, 0.25) is 0 Å². The van der Waals surface area contributed by atoms with Crippen LogP contribution in [0.4, 0.5) is 0 Å². The molecule has 142 valence electrons. The van der Waals surface area contributed by atoms with Crippen molar-refractivity contribution in [1.82, 2.24) is 0 Å². The molecule has 11 nitrogen and oxygen atoms in total. The van der Waals surface area contributed by atoms with Crippen molar-refractivity contribution in [2.45, 2.75) is 52.1 Å². The van der Waals surface area contributed by atoms with Crippen LogP contribution in [0.1, 0.15) is 27.7 Å². The molecule has 0 aliphatic rings. The lowest BCUT2D eigenvalue weighted by Crippen LogP contribution is -2.52. The molecule has 4 unspecified atom stereocenters. The van der Waals surface area contributed by atoms with Crippen molar-refractivity contribution in [3.8, 4) is 0 Å². The number of esters is 4. The molecule has 0 aromatic rings. The second-order valence-electron chi connectivity index (χ2n) is 4.86. The highest BCUT2D eigenvalue weighted by Gasteiger charge is 2.41. The number of hydrogen-bond acceptors (Lipinski definition) is 11. The predicted octanol–water partition coefficient (Wildman–Crippen LogP) is -0.834. The summed E-state index contributed by atoms with van der Waals surface area (Å²) in [5.74, 6) is -3.24. The van der Waals surface area contributed by atoms with Gasteiger partial charge in [-0.3, -0.25) is 19.2 Å². The van der Waals surface area contributed by atoms with Gasteiger partial charge < -0.3 is 29.3 Å². The Kier molecular flexibility index (Phi) is 9.79. The van der Waals surface area contributed by atoms with E-state index in [0.717, 1.165) is 27.7 Å². The lowest BCUT2D eigenvalue weighted by Gasteiger charge is -2.32. The largest absolute Gasteiger partial charge is 0.463 e. The second-order valence-corrected chi connectivity index (χ2v) is 4.86. The van der Waals surface area contributed by atoms with Crippen molar-refractivity contribution in [2.24, 2.45) is 5.16 Å². The van der Waals surface area contributed by atoms with E-state index in [1.54, 1.807) is 0 Å². The highest BCUT2D eigenvalue weighted by Crippen LogP contribution is 2.17. The first kappa shape index (κ1) is 22.3. The van der Waals surface area contributed by atoms with Crippen molar-refractivity contribution in [2.75, 3.05) is 6.61 Å². The number of ether oxygens (including phenoxy) is 4. The molecular weight excluding hydrogens is 342 g/mol. The van der Waals surface area contributed by atoms with E-state index in [1.807, 2.05) is 0 Å². The number of carbonyl (C=O) groups excluding carboxylic acids is 4. The van der Waals surface area contributed by atoms with Crippen LogP contribution in [-0.2, 0) is 38.1 Å². The number of aliphatic hydroxyl groups excluding tert-OH is 1. The normalized spacial score (nSPS) is 15.6. The van der Waals surface area contributed by atoms with E-state index >= 15 is 0 Å². The topological polar surface area (TPSA) is 158 Å². The van der Waals surface area contributed by atoms with Gasteiger partial charge in [0, 0.05) is 27.7 Å². The van der Waals surface area contributed by atoms with E-state index in [-0.39, 0.29) is 0 Å². The van der Waals surface area contributed by atoms with Gasteiger partial charge in [0.15, 0.2) is 18.3 Å². The van der Waals surface area contributed by atoms with Gasteiger partial charge in [-0.2, -0.15) is 0 Å². The van der Waals surface area contributed by atoms with Gasteiger partial charge in [0.05, 0.1) is 6.21 Å². The van der Waals surface area contributed by atoms with E-state index in [9.17, 15) is 24.3 Å². The van der Waals surface area contributed by atoms with Gasteiger partial charge in [-0.05, 0) is 0 Å². The van der Waals surface area contributed by atoms with Crippen molar-refractivity contribution >= 4 is 30.1 Å². The Morgan fingerprint density at radius 3 is 1.76 bits per heavy atom. The summed E-state index contributed by atoms with van der Waals surface area (Å²) in [6.45, 7) is 3.60. The van der Waals surface area contributed by atoms with Crippen LogP contribution in [0.15, 0.2) is 5.16 Å². The summed E-state index contributed by atoms with van der Waals surface area (Å²) in [4.78, 5) is 44.7. The summed E-state index contributed by atoms with van der Waals surface area (Å²) in [7, 11) is 0. The Morgan fingerprint density at radius 1 is 0.880 bits per heavy atom. The van der Waals surface area contributed by atoms with Gasteiger partial charge >= 0.3 is 23.9 Å². The van der Waals surface area contributed by atoms with Gasteiger partial charge in [-0.1, -0.05) is 5.16 Å². The number of aliphatic hydroxyl groups is 1. The van der Waals surface area contributed by atoms with Crippen LogP contribution in [0.3, 0.4) is 0 Å². The minimum Gasteiger partial charge on any atom is -0.463 e. The van der Waals surface area contributed by atoms with Crippen LogP contribution < -0.4 is 0 Å². The van der Waals surface area contributed by atoms with Gasteiger partial charge in [-0.25, -0.2) is 0 Å². The molecule has 0 fully saturated rings. The molecule has 0 saturated heterocycles. The molecule has 0 radical (unpaired) electrons. The zero-order chi connectivity index (χ0) is 19.6. The van der Waals surface area contributed by atoms with Crippen LogP contribution in [-0.4, -0.2) is 71.4 Å². The molecule has 11 heteroatoms. The lowest BCUT2D eigenvalue weighted by atomic mass is 10.0. The van der Waals surface area contributed by atoms with Crippen molar-refractivity contribution in [1.29, 1.82) is 0 Å². The minimum absolute atomic E-state index is 0.589. The van der Waals surface area contributed by atoms with E-state index < -0.39 is 54.9 Å². The first-order chi connectivity index (χ1) is 11.6. The first-order valence-corrected chi connectivity index (χ1v) is 7.09. The Labute approximate surface area is 143 Å². The van der Waals surface area contributed by atoms with E-state index in [2.05, 4.69) is 9.89 Å². The standard InChI is InChI=1S/C14H21NO10/c1-7(16)22-6-11(20)13(24-9(3)18)14(25-10(4)19)12(5-15-21)23-8(2)17/h5,11-14,20-21H,6H2,1-4H3. The summed E-state index contributed by atoms with van der Waals surface area (Å²) in [6, 6.07) is 0. The smallest absolute Gasteiger partial charge is 0.303 e. The molecule has 25 heavy (non-hydrogen) atoms. The fraction of sp³-hybridized carbons (Fsp3) is 0.643. The van der Waals surface area contributed by atoms with Crippen LogP contribution in [0, 0.1) is 0 Å². The molecule has 2 N–H and O–H groups in total. The Bertz CT molecular complexity index is 518. The maximum atomic E-state index is 11.4. The van der Waals surface area contributed by atoms with Crippen molar-refractivity contribution in [3.63, 3.8) is 0 Å². The van der Waals surface area contributed by atoms with E-state index in [0.29, 0.717) is 6.21 Å². The maximum absolute atomic E-state index is 11.4. The fourth-order valence-corrected chi connectivity index (χ4v) is 1.81. The highest BCUT2D eigenvalue weighted by atomic mass is 16.6.